The first-order valence-corrected chi connectivity index (χ1v) is 8.35. The topological polar surface area (TPSA) is 47.0 Å². The van der Waals surface area contributed by atoms with Crippen LogP contribution < -0.4 is 10.1 Å². The van der Waals surface area contributed by atoms with Crippen molar-refractivity contribution in [2.75, 3.05) is 5.32 Å². The average molecular weight is 402 g/mol. The van der Waals surface area contributed by atoms with Crippen LogP contribution in [0.25, 0.3) is 0 Å². The third-order valence-corrected chi connectivity index (χ3v) is 4.45. The second-order valence-corrected chi connectivity index (χ2v) is 6.39. The number of nitrogens with one attached hydrogen (secondary N) is 1. The van der Waals surface area contributed by atoms with E-state index in [-0.39, 0.29) is 12.1 Å². The molecule has 1 heterocycles. The van der Waals surface area contributed by atoms with E-state index in [0.717, 1.165) is 36.4 Å². The highest BCUT2D eigenvalue weighted by Gasteiger charge is 2.37. The highest BCUT2D eigenvalue weighted by Crippen LogP contribution is 2.37. The molecule has 1 fully saturated rings. The molecule has 0 atom stereocenters. The third-order valence-electron chi connectivity index (χ3n) is 3.76. The number of ether oxygens (including phenoxy) is 1. The summed E-state index contributed by atoms with van der Waals surface area (Å²) in [5.41, 5.74) is -0.295. The Hall–Kier alpha value is -1.83. The number of hydrogen-bond donors (Lipinski definition) is 1. The zero-order valence-electron chi connectivity index (χ0n) is 12.6. The Labute approximate surface area is 145 Å². The Morgan fingerprint density at radius 2 is 1.88 bits per heavy atom. The van der Waals surface area contributed by atoms with E-state index in [4.69, 9.17) is 4.74 Å². The van der Waals surface area contributed by atoms with Gasteiger partial charge in [0.15, 0.2) is 0 Å². The fraction of sp³-hybridized carbons (Fsp3) is 0.375. The monoisotopic (exact) mass is 401 g/mol. The molecule has 8 heteroatoms. The summed E-state index contributed by atoms with van der Waals surface area (Å²) in [4.78, 5) is 7.73. The van der Waals surface area contributed by atoms with Gasteiger partial charge in [0.1, 0.15) is 11.7 Å². The molecule has 0 saturated heterocycles. The van der Waals surface area contributed by atoms with Crippen molar-refractivity contribution in [2.24, 2.45) is 0 Å². The lowest BCUT2D eigenvalue weighted by atomic mass is 10.3. The molecule has 0 aliphatic heterocycles. The first-order valence-electron chi connectivity index (χ1n) is 7.56. The smallest absolute Gasteiger partial charge is 0.423 e. The molecule has 1 saturated carbocycles. The summed E-state index contributed by atoms with van der Waals surface area (Å²) in [6.45, 7) is 0. The molecule has 0 spiro atoms. The van der Waals surface area contributed by atoms with E-state index in [0.29, 0.717) is 5.69 Å². The highest BCUT2D eigenvalue weighted by molar-refractivity contribution is 9.10. The first-order chi connectivity index (χ1) is 11.4. The van der Waals surface area contributed by atoms with Gasteiger partial charge in [0, 0.05) is 10.7 Å². The predicted octanol–water partition coefficient (Wildman–Crippen LogP) is 5.32. The molecule has 0 radical (unpaired) electrons. The largest absolute Gasteiger partial charge is 0.474 e. The normalized spacial score (nSPS) is 15.5. The van der Waals surface area contributed by atoms with Crippen LogP contribution in [0.1, 0.15) is 31.2 Å². The number of anilines is 2. The van der Waals surface area contributed by atoms with Gasteiger partial charge in [-0.15, -0.1) is 0 Å². The lowest BCUT2D eigenvalue weighted by molar-refractivity contribution is -0.139. The van der Waals surface area contributed by atoms with Crippen molar-refractivity contribution in [3.63, 3.8) is 0 Å². The van der Waals surface area contributed by atoms with Crippen molar-refractivity contribution in [2.45, 2.75) is 38.0 Å². The van der Waals surface area contributed by atoms with Gasteiger partial charge in [-0.25, -0.2) is 4.98 Å². The SMILES string of the molecule is FC(F)(F)c1cnc(Nc2ccccc2Br)nc1OC1CCCC1. The van der Waals surface area contributed by atoms with Gasteiger partial charge in [-0.3, -0.25) is 0 Å². The molecular weight excluding hydrogens is 387 g/mol. The summed E-state index contributed by atoms with van der Waals surface area (Å²) < 4.78 is 45.7. The molecule has 1 aromatic carbocycles. The van der Waals surface area contributed by atoms with E-state index in [1.807, 2.05) is 12.1 Å². The number of aromatic nitrogens is 2. The van der Waals surface area contributed by atoms with Crippen molar-refractivity contribution >= 4 is 27.6 Å². The van der Waals surface area contributed by atoms with Crippen molar-refractivity contribution in [1.82, 2.24) is 9.97 Å². The van der Waals surface area contributed by atoms with Crippen LogP contribution in [0.4, 0.5) is 24.8 Å². The molecule has 1 aromatic heterocycles. The van der Waals surface area contributed by atoms with Crippen LogP contribution in [0.2, 0.25) is 0 Å². The lowest BCUT2D eigenvalue weighted by Crippen LogP contribution is -2.18. The third kappa shape index (κ3) is 3.98. The molecular formula is C16H15BrF3N3O. The lowest BCUT2D eigenvalue weighted by Gasteiger charge is -2.17. The van der Waals surface area contributed by atoms with Gasteiger partial charge in [-0.05, 0) is 53.7 Å². The van der Waals surface area contributed by atoms with E-state index in [2.05, 4.69) is 31.2 Å². The number of alkyl halides is 3. The van der Waals surface area contributed by atoms with Gasteiger partial charge in [-0.2, -0.15) is 18.2 Å². The second kappa shape index (κ2) is 6.96. The summed E-state index contributed by atoms with van der Waals surface area (Å²) in [7, 11) is 0. The van der Waals surface area contributed by atoms with Crippen LogP contribution in [0.15, 0.2) is 34.9 Å². The fourth-order valence-corrected chi connectivity index (χ4v) is 2.94. The van der Waals surface area contributed by atoms with E-state index in [9.17, 15) is 13.2 Å². The molecule has 24 heavy (non-hydrogen) atoms. The average Bonchev–Trinajstić information content (AvgIpc) is 3.02. The second-order valence-electron chi connectivity index (χ2n) is 5.54. The number of benzene rings is 1. The maximum Gasteiger partial charge on any atom is 0.423 e. The van der Waals surface area contributed by atoms with Gasteiger partial charge < -0.3 is 10.1 Å². The van der Waals surface area contributed by atoms with Gasteiger partial charge >= 0.3 is 6.18 Å². The van der Waals surface area contributed by atoms with E-state index >= 15 is 0 Å². The molecule has 4 nitrogen and oxygen atoms in total. The van der Waals surface area contributed by atoms with E-state index < -0.39 is 17.6 Å². The standard InChI is InChI=1S/C16H15BrF3N3O/c17-12-7-3-4-8-13(12)22-15-21-9-11(16(18,19)20)14(23-15)24-10-5-1-2-6-10/h3-4,7-10H,1-2,5-6H2,(H,21,22,23). The van der Waals surface area contributed by atoms with Gasteiger partial charge in [0.2, 0.25) is 11.8 Å². The summed E-state index contributed by atoms with van der Waals surface area (Å²) in [5, 5.41) is 2.90. The Kier molecular flexibility index (Phi) is 4.93. The summed E-state index contributed by atoms with van der Waals surface area (Å²) in [5.74, 6) is -0.359. The first kappa shape index (κ1) is 17.0. The quantitative estimate of drug-likeness (QED) is 0.752. The molecule has 1 aliphatic carbocycles. The summed E-state index contributed by atoms with van der Waals surface area (Å²) in [6.07, 6.45) is -0.616. The van der Waals surface area contributed by atoms with Crippen LogP contribution in [0.3, 0.4) is 0 Å². The van der Waals surface area contributed by atoms with Crippen LogP contribution in [0, 0.1) is 0 Å². The summed E-state index contributed by atoms with van der Waals surface area (Å²) in [6, 6.07) is 7.20. The number of rotatable bonds is 4. The Morgan fingerprint density at radius 1 is 1.17 bits per heavy atom. The molecule has 0 unspecified atom stereocenters. The molecule has 128 valence electrons. The van der Waals surface area contributed by atoms with Gasteiger partial charge in [-0.1, -0.05) is 12.1 Å². The molecule has 0 amide bonds. The number of halogens is 4. The Bertz CT molecular complexity index is 718. The number of para-hydroxylation sites is 1. The Morgan fingerprint density at radius 3 is 2.54 bits per heavy atom. The Balaban J connectivity index is 1.89. The van der Waals surface area contributed by atoms with Gasteiger partial charge in [0.05, 0.1) is 5.69 Å². The predicted molar refractivity (Wildman–Crippen MR) is 87.3 cm³/mol. The summed E-state index contributed by atoms with van der Waals surface area (Å²) >= 11 is 3.36. The van der Waals surface area contributed by atoms with Crippen LogP contribution >= 0.6 is 15.9 Å². The minimum atomic E-state index is -4.56. The van der Waals surface area contributed by atoms with E-state index in [1.54, 1.807) is 12.1 Å². The molecule has 0 bridgehead atoms. The molecule has 2 aromatic rings. The minimum Gasteiger partial charge on any atom is -0.474 e. The van der Waals surface area contributed by atoms with Crippen molar-refractivity contribution in [1.29, 1.82) is 0 Å². The maximum absolute atomic E-state index is 13.2. The van der Waals surface area contributed by atoms with Crippen LogP contribution in [0.5, 0.6) is 5.88 Å². The maximum atomic E-state index is 13.2. The zero-order chi connectivity index (χ0) is 17.2. The van der Waals surface area contributed by atoms with Crippen molar-refractivity contribution < 1.29 is 17.9 Å². The van der Waals surface area contributed by atoms with Gasteiger partial charge in [0.25, 0.3) is 0 Å². The van der Waals surface area contributed by atoms with Crippen molar-refractivity contribution in [3.05, 3.63) is 40.5 Å². The van der Waals surface area contributed by atoms with Crippen LogP contribution in [-0.2, 0) is 6.18 Å². The number of hydrogen-bond acceptors (Lipinski definition) is 4. The fourth-order valence-electron chi connectivity index (χ4n) is 2.56. The van der Waals surface area contributed by atoms with Crippen LogP contribution in [-0.4, -0.2) is 16.1 Å². The van der Waals surface area contributed by atoms with Crippen molar-refractivity contribution in [3.8, 4) is 5.88 Å². The number of nitrogens with zero attached hydrogens (tertiary/aromatic N) is 2. The minimum absolute atomic E-state index is 0.0582. The highest BCUT2D eigenvalue weighted by atomic mass is 79.9. The molecule has 3 rings (SSSR count). The molecule has 1 aliphatic rings. The zero-order valence-corrected chi connectivity index (χ0v) is 14.2. The van der Waals surface area contributed by atoms with E-state index in [1.165, 1.54) is 0 Å². The molecule has 1 N–H and O–H groups in total.